The minimum Gasteiger partial charge on any atom is -0.475 e. The monoisotopic (exact) mass is 486 g/mol. The van der Waals surface area contributed by atoms with Gasteiger partial charge in [-0.1, -0.05) is 41.9 Å². The van der Waals surface area contributed by atoms with Crippen LogP contribution in [0.25, 0.3) is 0 Å². The molecule has 0 radical (unpaired) electrons. The Balaban J connectivity index is 0.000000479. The molecule has 178 valence electrons. The lowest BCUT2D eigenvalue weighted by Crippen LogP contribution is -2.36. The molecule has 2 aromatic carbocycles. The predicted octanol–water partition coefficient (Wildman–Crippen LogP) is 3.19. The first-order valence-corrected chi connectivity index (χ1v) is 10.1. The second kappa shape index (κ2) is 11.7. The molecular formula is C22H22ClF3N2O5. The van der Waals surface area contributed by atoms with Crippen molar-refractivity contribution in [3.63, 3.8) is 0 Å². The van der Waals surface area contributed by atoms with Crippen molar-refractivity contribution in [3.8, 4) is 0 Å². The van der Waals surface area contributed by atoms with E-state index in [-0.39, 0.29) is 12.3 Å². The van der Waals surface area contributed by atoms with Gasteiger partial charge in [0, 0.05) is 11.6 Å². The Morgan fingerprint density at radius 3 is 2.39 bits per heavy atom. The van der Waals surface area contributed by atoms with E-state index in [9.17, 15) is 22.8 Å². The number of carbonyl (C=O) groups is 3. The van der Waals surface area contributed by atoms with Gasteiger partial charge in [-0.05, 0) is 47.4 Å². The van der Waals surface area contributed by atoms with Crippen LogP contribution in [-0.2, 0) is 38.5 Å². The zero-order chi connectivity index (χ0) is 24.6. The Morgan fingerprint density at radius 2 is 1.82 bits per heavy atom. The molecule has 11 heteroatoms. The molecule has 33 heavy (non-hydrogen) atoms. The summed E-state index contributed by atoms with van der Waals surface area (Å²) in [7, 11) is 1.30. The Labute approximate surface area is 192 Å². The van der Waals surface area contributed by atoms with Crippen molar-refractivity contribution >= 4 is 29.4 Å². The second-order valence-electron chi connectivity index (χ2n) is 7.04. The van der Waals surface area contributed by atoms with E-state index in [0.717, 1.165) is 25.1 Å². The molecule has 0 fully saturated rings. The van der Waals surface area contributed by atoms with Crippen LogP contribution in [0.2, 0.25) is 5.02 Å². The van der Waals surface area contributed by atoms with Crippen LogP contribution in [0, 0.1) is 0 Å². The van der Waals surface area contributed by atoms with Gasteiger partial charge in [-0.2, -0.15) is 13.2 Å². The van der Waals surface area contributed by atoms with Crippen LogP contribution in [0.1, 0.15) is 28.3 Å². The summed E-state index contributed by atoms with van der Waals surface area (Å²) in [6.07, 6.45) is -3.96. The highest BCUT2D eigenvalue weighted by Crippen LogP contribution is 2.21. The van der Waals surface area contributed by atoms with Crippen molar-refractivity contribution in [2.45, 2.75) is 31.6 Å². The first-order chi connectivity index (χ1) is 15.5. The van der Waals surface area contributed by atoms with E-state index in [2.05, 4.69) is 16.7 Å². The number of alkyl halides is 3. The van der Waals surface area contributed by atoms with E-state index in [1.807, 2.05) is 12.1 Å². The Kier molecular flexibility index (Phi) is 9.24. The molecule has 1 heterocycles. The molecule has 1 atom stereocenters. The summed E-state index contributed by atoms with van der Waals surface area (Å²) in [4.78, 5) is 33.6. The lowest BCUT2D eigenvalue weighted by molar-refractivity contribution is -0.192. The molecule has 1 aliphatic heterocycles. The summed E-state index contributed by atoms with van der Waals surface area (Å²) < 4.78 is 36.6. The quantitative estimate of drug-likeness (QED) is 0.561. The Hall–Kier alpha value is -3.11. The van der Waals surface area contributed by atoms with E-state index in [1.54, 1.807) is 24.3 Å². The number of halogens is 4. The maximum absolute atomic E-state index is 12.6. The fourth-order valence-electron chi connectivity index (χ4n) is 3.21. The smallest absolute Gasteiger partial charge is 0.475 e. The highest BCUT2D eigenvalue weighted by Gasteiger charge is 2.38. The lowest BCUT2D eigenvalue weighted by atomic mass is 9.93. The number of aliphatic carboxylic acids is 1. The summed E-state index contributed by atoms with van der Waals surface area (Å²) >= 11 is 5.90. The Morgan fingerprint density at radius 1 is 1.18 bits per heavy atom. The van der Waals surface area contributed by atoms with Gasteiger partial charge in [0.1, 0.15) is 0 Å². The average Bonchev–Trinajstić information content (AvgIpc) is 2.78. The van der Waals surface area contributed by atoms with Crippen LogP contribution in [0.5, 0.6) is 0 Å². The zero-order valence-corrected chi connectivity index (χ0v) is 18.3. The fourth-order valence-corrected chi connectivity index (χ4v) is 3.34. The van der Waals surface area contributed by atoms with Crippen molar-refractivity contribution in [1.82, 2.24) is 10.6 Å². The van der Waals surface area contributed by atoms with Gasteiger partial charge < -0.3 is 20.5 Å². The van der Waals surface area contributed by atoms with E-state index >= 15 is 0 Å². The van der Waals surface area contributed by atoms with Crippen LogP contribution < -0.4 is 10.6 Å². The molecular weight excluding hydrogens is 465 g/mol. The molecule has 1 aliphatic rings. The highest BCUT2D eigenvalue weighted by atomic mass is 35.5. The van der Waals surface area contributed by atoms with Crippen molar-refractivity contribution in [3.05, 3.63) is 69.7 Å². The van der Waals surface area contributed by atoms with Gasteiger partial charge in [0.25, 0.3) is 0 Å². The first-order valence-electron chi connectivity index (χ1n) is 9.76. The third kappa shape index (κ3) is 7.76. The summed E-state index contributed by atoms with van der Waals surface area (Å²) in [5, 5.41) is 13.8. The number of amides is 1. The van der Waals surface area contributed by atoms with Crippen LogP contribution in [0.4, 0.5) is 13.2 Å². The normalized spacial score (nSPS) is 13.6. The minimum absolute atomic E-state index is 0.220. The van der Waals surface area contributed by atoms with Gasteiger partial charge in [0.2, 0.25) is 5.91 Å². The second-order valence-corrected chi connectivity index (χ2v) is 7.47. The maximum atomic E-state index is 12.6. The highest BCUT2D eigenvalue weighted by molar-refractivity contribution is 6.30. The third-order valence-corrected chi connectivity index (χ3v) is 5.03. The van der Waals surface area contributed by atoms with Crippen molar-refractivity contribution in [1.29, 1.82) is 0 Å². The summed E-state index contributed by atoms with van der Waals surface area (Å²) in [5.74, 6) is -3.49. The molecule has 1 unspecified atom stereocenters. The molecule has 7 nitrogen and oxygen atoms in total. The van der Waals surface area contributed by atoms with Gasteiger partial charge in [-0.25, -0.2) is 9.59 Å². The number of carboxylic acid groups (broad SMARTS) is 1. The molecule has 3 N–H and O–H groups in total. The van der Waals surface area contributed by atoms with Crippen molar-refractivity contribution in [2.24, 2.45) is 0 Å². The van der Waals surface area contributed by atoms with Crippen molar-refractivity contribution < 1.29 is 37.4 Å². The largest absolute Gasteiger partial charge is 0.490 e. The summed E-state index contributed by atoms with van der Waals surface area (Å²) in [6.45, 7) is 1.72. The molecule has 0 saturated heterocycles. The Bertz CT molecular complexity index is 997. The first kappa shape index (κ1) is 26.1. The molecule has 0 aromatic heterocycles. The number of carbonyl (C=O) groups excluding carboxylic acids is 2. The van der Waals surface area contributed by atoms with Gasteiger partial charge in [0.05, 0.1) is 13.5 Å². The maximum Gasteiger partial charge on any atom is 0.490 e. The number of esters is 1. The van der Waals surface area contributed by atoms with E-state index in [0.29, 0.717) is 10.6 Å². The van der Waals surface area contributed by atoms with Crippen LogP contribution in [-0.4, -0.2) is 42.8 Å². The summed E-state index contributed by atoms with van der Waals surface area (Å²) in [6, 6.07) is 11.9. The zero-order valence-electron chi connectivity index (χ0n) is 17.5. The van der Waals surface area contributed by atoms with E-state index < -0.39 is 24.2 Å². The number of benzene rings is 2. The minimum atomic E-state index is -5.08. The van der Waals surface area contributed by atoms with Gasteiger partial charge in [0.15, 0.2) is 6.04 Å². The van der Waals surface area contributed by atoms with Crippen LogP contribution in [0.15, 0.2) is 42.5 Å². The molecule has 0 spiro atoms. The molecule has 3 rings (SSSR count). The van der Waals surface area contributed by atoms with Crippen LogP contribution in [0.3, 0.4) is 0 Å². The number of hydrogen-bond acceptors (Lipinski definition) is 5. The SMILES string of the molecule is COC(=O)C(NC(=O)Cc1cccc2c1CCNC2)c1ccc(Cl)cc1.O=C(O)C(F)(F)F. The average molecular weight is 487 g/mol. The number of ether oxygens (including phenoxy) is 1. The number of methoxy groups -OCH3 is 1. The standard InChI is InChI=1S/C20H21ClN2O3.C2HF3O2/c1-26-20(25)19(13-5-7-16(21)8-6-13)23-18(24)11-14-3-2-4-15-12-22-10-9-17(14)15;3-2(4,5)1(6)7/h2-8,19,22H,9-12H2,1H3,(H,23,24);(H,6,7). The molecule has 2 aromatic rings. The van der Waals surface area contributed by atoms with Gasteiger partial charge in [-0.3, -0.25) is 4.79 Å². The van der Waals surface area contributed by atoms with E-state index in [1.165, 1.54) is 18.2 Å². The number of carboxylic acids is 1. The molecule has 1 amide bonds. The number of fused-ring (bicyclic) bond motifs is 1. The number of hydrogen-bond donors (Lipinski definition) is 3. The third-order valence-electron chi connectivity index (χ3n) is 4.78. The van der Waals surface area contributed by atoms with Gasteiger partial charge >= 0.3 is 18.1 Å². The molecule has 0 bridgehead atoms. The number of rotatable bonds is 5. The van der Waals surface area contributed by atoms with Gasteiger partial charge in [-0.15, -0.1) is 0 Å². The van der Waals surface area contributed by atoms with E-state index in [4.69, 9.17) is 26.2 Å². The number of nitrogens with one attached hydrogen (secondary N) is 2. The van der Waals surface area contributed by atoms with Crippen molar-refractivity contribution in [2.75, 3.05) is 13.7 Å². The predicted molar refractivity (Wildman–Crippen MR) is 114 cm³/mol. The summed E-state index contributed by atoms with van der Waals surface area (Å²) in [5.41, 5.74) is 4.08. The lowest BCUT2D eigenvalue weighted by Gasteiger charge is -2.21. The fraction of sp³-hybridized carbons (Fsp3) is 0.318. The molecule has 0 saturated carbocycles. The van der Waals surface area contributed by atoms with Crippen LogP contribution >= 0.6 is 11.6 Å². The topological polar surface area (TPSA) is 105 Å². The molecule has 0 aliphatic carbocycles.